The summed E-state index contributed by atoms with van der Waals surface area (Å²) in [5.74, 6) is 0. The molecule has 0 atom stereocenters. The molecule has 0 amide bonds. The Kier molecular flexibility index (Phi) is 10.7. The van der Waals surface area contributed by atoms with Crippen molar-refractivity contribution < 1.29 is 64.3 Å². The van der Waals surface area contributed by atoms with Crippen LogP contribution in [0.4, 0.5) is 12.9 Å². The fourth-order valence-corrected chi connectivity index (χ4v) is 0. The molecule has 0 N–H and O–H groups in total. The molecule has 0 saturated heterocycles. The van der Waals surface area contributed by atoms with Crippen LogP contribution in [0.5, 0.6) is 0 Å². The van der Waals surface area contributed by atoms with Crippen LogP contribution in [0.3, 0.4) is 0 Å². The third-order valence-corrected chi connectivity index (χ3v) is 0. The van der Waals surface area contributed by atoms with Crippen molar-refractivity contribution in [3.8, 4) is 0 Å². The van der Waals surface area contributed by atoms with Crippen molar-refractivity contribution in [2.24, 2.45) is 0 Å². The van der Waals surface area contributed by atoms with E-state index in [0.29, 0.717) is 0 Å². The van der Waals surface area contributed by atoms with Gasteiger partial charge in [0.25, 0.3) is 0 Å². The molecule has 0 bridgehead atoms. The minimum atomic E-state index is -3.67. The molecular formula is BF3K+. The van der Waals surface area contributed by atoms with Gasteiger partial charge in [0.1, 0.15) is 0 Å². The molecule has 0 nitrogen and oxygen atoms in total. The Bertz CT molecular complexity index is 11.6. The molecule has 5 heteroatoms. The molecule has 0 aromatic heterocycles. The Hall–Kier alpha value is 1.49. The maximum Gasteiger partial charge on any atom is 1.00 e. The number of halogens is 3. The maximum atomic E-state index is 9.67. The molecule has 0 aliphatic carbocycles. The fourth-order valence-electron chi connectivity index (χ4n) is 0. The number of hydrogen-bond donors (Lipinski definition) is 0. The zero-order valence-corrected chi connectivity index (χ0v) is 5.83. The van der Waals surface area contributed by atoms with E-state index in [0.717, 1.165) is 0 Å². The van der Waals surface area contributed by atoms with Gasteiger partial charge in [-0.25, -0.2) is 0 Å². The summed E-state index contributed by atoms with van der Waals surface area (Å²) in [6, 6.07) is 0. The van der Waals surface area contributed by atoms with Crippen molar-refractivity contribution in [2.45, 2.75) is 0 Å². The molecule has 0 radical (unpaired) electrons. The number of hydrogen-bond acceptors (Lipinski definition) is 0. The summed E-state index contributed by atoms with van der Waals surface area (Å²) in [6.45, 7) is 0. The van der Waals surface area contributed by atoms with Crippen LogP contribution < -0.4 is 51.4 Å². The third-order valence-electron chi connectivity index (χ3n) is 0. The van der Waals surface area contributed by atoms with Crippen LogP contribution in [0, 0.1) is 0 Å². The van der Waals surface area contributed by atoms with Crippen LogP contribution in [0.1, 0.15) is 0 Å². The summed E-state index contributed by atoms with van der Waals surface area (Å²) in [6.07, 6.45) is 0. The van der Waals surface area contributed by atoms with Crippen molar-refractivity contribution >= 4 is 7.54 Å². The molecule has 0 rings (SSSR count). The van der Waals surface area contributed by atoms with Crippen molar-refractivity contribution in [2.75, 3.05) is 0 Å². The Morgan fingerprint density at radius 2 is 1.00 bits per heavy atom. The van der Waals surface area contributed by atoms with Crippen LogP contribution >= 0.6 is 0 Å². The van der Waals surface area contributed by atoms with Gasteiger partial charge in [0.15, 0.2) is 0 Å². The molecule has 0 aromatic rings. The summed E-state index contributed by atoms with van der Waals surface area (Å²) in [4.78, 5) is 0. The van der Waals surface area contributed by atoms with Crippen LogP contribution in [0.25, 0.3) is 0 Å². The van der Waals surface area contributed by atoms with Crippen molar-refractivity contribution in [1.82, 2.24) is 0 Å². The van der Waals surface area contributed by atoms with Gasteiger partial charge in [0, 0.05) is 0 Å². The predicted octanol–water partition coefficient (Wildman–Crippen LogP) is -2.12. The molecule has 0 aliphatic heterocycles. The van der Waals surface area contributed by atoms with Crippen molar-refractivity contribution in [3.05, 3.63) is 0 Å². The minimum Gasteiger partial charge on any atom is -0.254 e. The molecule has 0 unspecified atom stereocenters. The molecule has 0 heterocycles. The van der Waals surface area contributed by atoms with Gasteiger partial charge in [0.2, 0.25) is 0 Å². The van der Waals surface area contributed by atoms with Gasteiger partial charge in [-0.2, -0.15) is 0 Å². The standard InChI is InChI=1S/BF3.K/c2-1(3)4;/q;+1. The van der Waals surface area contributed by atoms with Gasteiger partial charge in [-0.3, -0.25) is 12.9 Å². The molecule has 0 fully saturated rings. The molecule has 0 saturated carbocycles. The molecule has 0 spiro atoms. The Morgan fingerprint density at radius 3 is 1.00 bits per heavy atom. The van der Waals surface area contributed by atoms with E-state index in [-0.39, 0.29) is 51.4 Å². The molecule has 0 aliphatic rings. The first kappa shape index (κ1) is 9.70. The normalized spacial score (nSPS) is 5.40. The monoisotopic (exact) mass is 107 g/mol. The zero-order valence-electron chi connectivity index (χ0n) is 2.71. The van der Waals surface area contributed by atoms with Crippen molar-refractivity contribution in [3.63, 3.8) is 0 Å². The van der Waals surface area contributed by atoms with E-state index in [4.69, 9.17) is 0 Å². The van der Waals surface area contributed by atoms with Gasteiger partial charge < -0.3 is 0 Å². The first-order valence-corrected chi connectivity index (χ1v) is 0.655. The van der Waals surface area contributed by atoms with Gasteiger partial charge in [-0.05, 0) is 0 Å². The van der Waals surface area contributed by atoms with Gasteiger partial charge in [-0.15, -0.1) is 0 Å². The first-order valence-electron chi connectivity index (χ1n) is 0.655. The van der Waals surface area contributed by atoms with E-state index < -0.39 is 7.54 Å². The van der Waals surface area contributed by atoms with E-state index in [2.05, 4.69) is 0 Å². The second kappa shape index (κ2) is 5.49. The van der Waals surface area contributed by atoms with Gasteiger partial charge >= 0.3 is 58.9 Å². The van der Waals surface area contributed by atoms with Crippen molar-refractivity contribution in [1.29, 1.82) is 0 Å². The summed E-state index contributed by atoms with van der Waals surface area (Å²) < 4.78 is 29.0. The second-order valence-electron chi connectivity index (χ2n) is 0.247. The summed E-state index contributed by atoms with van der Waals surface area (Å²) >= 11 is 0. The topological polar surface area (TPSA) is 0 Å². The smallest absolute Gasteiger partial charge is 0.254 e. The quantitative estimate of drug-likeness (QED) is 0.310. The Labute approximate surface area is 70.8 Å². The Balaban J connectivity index is 0. The molecular weight excluding hydrogens is 107 g/mol. The van der Waals surface area contributed by atoms with E-state index in [1.54, 1.807) is 0 Å². The summed E-state index contributed by atoms with van der Waals surface area (Å²) in [5.41, 5.74) is 0. The summed E-state index contributed by atoms with van der Waals surface area (Å²) in [7, 11) is -3.67. The largest absolute Gasteiger partial charge is 1.00 e. The van der Waals surface area contributed by atoms with Crippen LogP contribution in [-0.2, 0) is 0 Å². The van der Waals surface area contributed by atoms with E-state index >= 15 is 0 Å². The predicted molar refractivity (Wildman–Crippen MR) is 9.08 cm³/mol. The molecule has 24 valence electrons. The SMILES string of the molecule is FB(F)F.[K+]. The number of rotatable bonds is 0. The van der Waals surface area contributed by atoms with Crippen LogP contribution in [-0.4, -0.2) is 7.54 Å². The molecule has 5 heavy (non-hydrogen) atoms. The van der Waals surface area contributed by atoms with E-state index in [9.17, 15) is 12.9 Å². The average Bonchev–Trinajstić information content (AvgIpc) is 0.811. The van der Waals surface area contributed by atoms with Gasteiger partial charge in [0.05, 0.1) is 0 Å². The zero-order chi connectivity index (χ0) is 3.58. The van der Waals surface area contributed by atoms with Gasteiger partial charge in [-0.1, -0.05) is 0 Å². The maximum absolute atomic E-state index is 9.67. The first-order chi connectivity index (χ1) is 1.73. The summed E-state index contributed by atoms with van der Waals surface area (Å²) in [5, 5.41) is 0. The van der Waals surface area contributed by atoms with Crippen LogP contribution in [0.2, 0.25) is 0 Å². The van der Waals surface area contributed by atoms with E-state index in [1.807, 2.05) is 0 Å². The van der Waals surface area contributed by atoms with E-state index in [1.165, 1.54) is 0 Å². The Morgan fingerprint density at radius 1 is 1.00 bits per heavy atom. The van der Waals surface area contributed by atoms with Crippen LogP contribution in [0.15, 0.2) is 0 Å². The average molecular weight is 107 g/mol. The second-order valence-corrected chi connectivity index (χ2v) is 0.247. The molecule has 0 aromatic carbocycles. The minimum absolute atomic E-state index is 0. The third kappa shape index (κ3) is 30.1. The fraction of sp³-hybridized carbons (Fsp3) is 0.